The lowest BCUT2D eigenvalue weighted by Crippen LogP contribution is -2.19. The zero-order valence-electron chi connectivity index (χ0n) is 11.6. The van der Waals surface area contributed by atoms with E-state index in [2.05, 4.69) is 10.2 Å². The average Bonchev–Trinajstić information content (AvgIpc) is 2.86. The highest BCUT2D eigenvalue weighted by Gasteiger charge is 2.13. The highest BCUT2D eigenvalue weighted by Crippen LogP contribution is 2.18. The first-order valence-corrected chi connectivity index (χ1v) is 6.20. The molecule has 6 heteroatoms. The van der Waals surface area contributed by atoms with Crippen molar-refractivity contribution in [2.24, 2.45) is 0 Å². The van der Waals surface area contributed by atoms with Crippen molar-refractivity contribution >= 4 is 5.97 Å². The van der Waals surface area contributed by atoms with E-state index in [1.807, 2.05) is 0 Å². The maximum Gasteiger partial charge on any atom is 0.338 e. The Labute approximate surface area is 116 Å². The summed E-state index contributed by atoms with van der Waals surface area (Å²) in [6.07, 6.45) is -0.286. The van der Waals surface area contributed by atoms with Gasteiger partial charge in [0.05, 0.1) is 12.2 Å². The van der Waals surface area contributed by atoms with Crippen molar-refractivity contribution in [2.45, 2.75) is 20.0 Å². The number of hydrogen-bond donors (Lipinski definition) is 0. The molecule has 2 rings (SSSR count). The highest BCUT2D eigenvalue weighted by atomic mass is 16.6. The smallest absolute Gasteiger partial charge is 0.338 e. The van der Waals surface area contributed by atoms with Crippen LogP contribution in [-0.4, -0.2) is 36.0 Å². The first-order valence-electron chi connectivity index (χ1n) is 6.20. The molecule has 0 spiro atoms. The van der Waals surface area contributed by atoms with Crippen LogP contribution in [0, 0.1) is 6.92 Å². The molecule has 106 valence electrons. The van der Waals surface area contributed by atoms with Gasteiger partial charge in [-0.05, 0) is 31.2 Å². The molecule has 0 saturated carbocycles. The van der Waals surface area contributed by atoms with Crippen LogP contribution >= 0.6 is 0 Å². The van der Waals surface area contributed by atoms with Crippen molar-refractivity contribution in [2.75, 3.05) is 13.7 Å². The van der Waals surface area contributed by atoms with Gasteiger partial charge in [-0.25, -0.2) is 4.79 Å². The molecule has 20 heavy (non-hydrogen) atoms. The van der Waals surface area contributed by atoms with Gasteiger partial charge in [0.15, 0.2) is 0 Å². The third kappa shape index (κ3) is 3.42. The summed E-state index contributed by atoms with van der Waals surface area (Å²) in [4.78, 5) is 11.9. The second kappa shape index (κ2) is 6.29. The fourth-order valence-corrected chi connectivity index (χ4v) is 1.68. The Morgan fingerprint density at radius 3 is 2.55 bits per heavy atom. The van der Waals surface area contributed by atoms with Crippen molar-refractivity contribution in [1.29, 1.82) is 0 Å². The molecule has 0 unspecified atom stereocenters. The predicted octanol–water partition coefficient (Wildman–Crippen LogP) is 2.24. The minimum absolute atomic E-state index is 0.286. The van der Waals surface area contributed by atoms with E-state index in [0.29, 0.717) is 24.0 Å². The fourth-order valence-electron chi connectivity index (χ4n) is 1.68. The van der Waals surface area contributed by atoms with Gasteiger partial charge in [-0.15, -0.1) is 10.2 Å². The van der Waals surface area contributed by atoms with Gasteiger partial charge in [0.25, 0.3) is 0 Å². The maximum absolute atomic E-state index is 11.9. The van der Waals surface area contributed by atoms with Crippen LogP contribution in [0.3, 0.4) is 0 Å². The van der Waals surface area contributed by atoms with Crippen LogP contribution in [0.5, 0.6) is 0 Å². The Hall–Kier alpha value is -2.21. The first kappa shape index (κ1) is 14.2. The second-order valence-electron chi connectivity index (χ2n) is 4.37. The lowest BCUT2D eigenvalue weighted by atomic mass is 10.1. The largest absolute Gasteiger partial charge is 0.457 e. The van der Waals surface area contributed by atoms with Gasteiger partial charge < -0.3 is 13.9 Å². The number of aryl methyl sites for hydroxylation is 1. The highest BCUT2D eigenvalue weighted by molar-refractivity contribution is 5.90. The van der Waals surface area contributed by atoms with Crippen LogP contribution in [0.15, 0.2) is 28.7 Å². The van der Waals surface area contributed by atoms with E-state index in [1.54, 1.807) is 45.2 Å². The average molecular weight is 276 g/mol. The summed E-state index contributed by atoms with van der Waals surface area (Å²) in [7, 11) is 1.56. The lowest BCUT2D eigenvalue weighted by Gasteiger charge is -2.11. The summed E-state index contributed by atoms with van der Waals surface area (Å²) in [5.74, 6) is 0.537. The number of hydrogen-bond acceptors (Lipinski definition) is 6. The summed E-state index contributed by atoms with van der Waals surface area (Å²) in [6, 6.07) is 6.81. The van der Waals surface area contributed by atoms with Gasteiger partial charge in [-0.2, -0.15) is 0 Å². The monoisotopic (exact) mass is 276 g/mol. The van der Waals surface area contributed by atoms with Crippen LogP contribution in [0.2, 0.25) is 0 Å². The van der Waals surface area contributed by atoms with Gasteiger partial charge in [-0.3, -0.25) is 0 Å². The van der Waals surface area contributed by atoms with Gasteiger partial charge in [0, 0.05) is 19.6 Å². The molecule has 0 amide bonds. The quantitative estimate of drug-likeness (QED) is 0.780. The first-order chi connectivity index (χ1) is 9.60. The molecule has 6 nitrogen and oxygen atoms in total. The molecule has 1 heterocycles. The van der Waals surface area contributed by atoms with Crippen molar-refractivity contribution in [1.82, 2.24) is 10.2 Å². The molecule has 0 aliphatic heterocycles. The number of rotatable bonds is 5. The van der Waals surface area contributed by atoms with Crippen molar-refractivity contribution < 1.29 is 18.7 Å². The minimum atomic E-state index is -0.386. The number of benzene rings is 1. The number of aromatic nitrogens is 2. The summed E-state index contributed by atoms with van der Waals surface area (Å²) in [6.45, 7) is 3.86. The molecular formula is C14H16N2O4. The molecule has 0 aliphatic rings. The van der Waals surface area contributed by atoms with Gasteiger partial charge in [0.1, 0.15) is 6.10 Å². The van der Waals surface area contributed by atoms with Crippen molar-refractivity contribution in [3.63, 3.8) is 0 Å². The number of ether oxygens (including phenoxy) is 2. The Balaban J connectivity index is 2.06. The van der Waals surface area contributed by atoms with E-state index in [1.165, 1.54) is 0 Å². The van der Waals surface area contributed by atoms with E-state index in [-0.39, 0.29) is 12.1 Å². The summed E-state index contributed by atoms with van der Waals surface area (Å²) in [5.41, 5.74) is 1.22. The normalized spacial score (nSPS) is 12.2. The van der Waals surface area contributed by atoms with Crippen molar-refractivity contribution in [3.05, 3.63) is 35.7 Å². The molecule has 0 N–H and O–H groups in total. The standard InChI is InChI=1S/C14H16N2O4/c1-9(8-18-3)19-14(17)12-6-4-11(5-7-12)13-16-15-10(2)20-13/h4-7,9H,8H2,1-3H3/t9-/m0/s1. The molecule has 0 radical (unpaired) electrons. The second-order valence-corrected chi connectivity index (χ2v) is 4.37. The van der Waals surface area contributed by atoms with E-state index in [9.17, 15) is 4.79 Å². The Kier molecular flexibility index (Phi) is 4.47. The van der Waals surface area contributed by atoms with Crippen LogP contribution in [-0.2, 0) is 9.47 Å². The van der Waals surface area contributed by atoms with Crippen LogP contribution in [0.4, 0.5) is 0 Å². The maximum atomic E-state index is 11.9. The molecule has 2 aromatic rings. The number of methoxy groups -OCH3 is 1. The van der Waals surface area contributed by atoms with E-state index < -0.39 is 0 Å². The molecule has 0 saturated heterocycles. The fraction of sp³-hybridized carbons (Fsp3) is 0.357. The van der Waals surface area contributed by atoms with Gasteiger partial charge in [-0.1, -0.05) is 0 Å². The van der Waals surface area contributed by atoms with Crippen molar-refractivity contribution in [3.8, 4) is 11.5 Å². The molecule has 0 fully saturated rings. The summed E-state index contributed by atoms with van der Waals surface area (Å²) >= 11 is 0. The van der Waals surface area contributed by atoms with Crippen LogP contribution in [0.1, 0.15) is 23.2 Å². The van der Waals surface area contributed by atoms with Crippen LogP contribution < -0.4 is 0 Å². The third-order valence-corrected chi connectivity index (χ3v) is 2.60. The molecule has 1 atom stereocenters. The van der Waals surface area contributed by atoms with E-state index in [4.69, 9.17) is 13.9 Å². The summed E-state index contributed by atoms with van der Waals surface area (Å²) in [5, 5.41) is 7.67. The molecule has 1 aromatic carbocycles. The molecule has 0 bridgehead atoms. The van der Waals surface area contributed by atoms with Gasteiger partial charge in [0.2, 0.25) is 11.8 Å². The SMILES string of the molecule is COC[C@H](C)OC(=O)c1ccc(-c2nnc(C)o2)cc1. The van der Waals surface area contributed by atoms with Gasteiger partial charge >= 0.3 is 5.97 Å². The number of nitrogens with zero attached hydrogens (tertiary/aromatic N) is 2. The Morgan fingerprint density at radius 2 is 2.00 bits per heavy atom. The van der Waals surface area contributed by atoms with E-state index in [0.717, 1.165) is 5.56 Å². The number of carbonyl (C=O) groups is 1. The molecule has 0 aliphatic carbocycles. The number of carbonyl (C=O) groups excluding carboxylic acids is 1. The Morgan fingerprint density at radius 1 is 1.30 bits per heavy atom. The third-order valence-electron chi connectivity index (χ3n) is 2.60. The zero-order valence-corrected chi connectivity index (χ0v) is 11.6. The van der Waals surface area contributed by atoms with Crippen LogP contribution in [0.25, 0.3) is 11.5 Å². The molecular weight excluding hydrogens is 260 g/mol. The zero-order chi connectivity index (χ0) is 14.5. The lowest BCUT2D eigenvalue weighted by molar-refractivity contribution is 0.0120. The Bertz CT molecular complexity index is 577. The minimum Gasteiger partial charge on any atom is -0.457 e. The predicted molar refractivity (Wildman–Crippen MR) is 71.2 cm³/mol. The van der Waals surface area contributed by atoms with E-state index >= 15 is 0 Å². The number of esters is 1. The summed E-state index contributed by atoms with van der Waals surface area (Å²) < 4.78 is 15.4. The molecule has 1 aromatic heterocycles. The topological polar surface area (TPSA) is 74.5 Å².